The van der Waals surface area contributed by atoms with Gasteiger partial charge in [-0.15, -0.1) is 0 Å². The van der Waals surface area contributed by atoms with Crippen molar-refractivity contribution in [3.63, 3.8) is 0 Å². The molecule has 1 aliphatic heterocycles. The highest BCUT2D eigenvalue weighted by Gasteiger charge is 2.23. The zero-order chi connectivity index (χ0) is 15.3. The monoisotopic (exact) mass is 288 g/mol. The van der Waals surface area contributed by atoms with Gasteiger partial charge in [-0.3, -0.25) is 0 Å². The van der Waals surface area contributed by atoms with Gasteiger partial charge in [0.1, 0.15) is 0 Å². The number of benzene rings is 2. The molecule has 0 aromatic heterocycles. The van der Waals surface area contributed by atoms with E-state index in [2.05, 4.69) is 74.2 Å². The lowest BCUT2D eigenvalue weighted by atomic mass is 9.88. The molecule has 0 radical (unpaired) electrons. The van der Waals surface area contributed by atoms with Crippen LogP contribution in [0.15, 0.2) is 42.6 Å². The first-order chi connectivity index (χ1) is 10.7. The van der Waals surface area contributed by atoms with E-state index in [9.17, 15) is 0 Å². The number of aryl methyl sites for hydroxylation is 1. The molecule has 1 heterocycles. The average Bonchev–Trinajstić information content (AvgIpc) is 2.90. The first-order valence-corrected chi connectivity index (χ1v) is 7.78. The Morgan fingerprint density at radius 1 is 0.955 bits per heavy atom. The van der Waals surface area contributed by atoms with Gasteiger partial charge in [0.25, 0.3) is 0 Å². The Balaban J connectivity index is 1.96. The summed E-state index contributed by atoms with van der Waals surface area (Å²) >= 11 is 0. The van der Waals surface area contributed by atoms with Crippen molar-refractivity contribution in [1.29, 1.82) is 0 Å². The maximum Gasteiger partial charge on any atom is 0.0651 e. The van der Waals surface area contributed by atoms with Crippen molar-refractivity contribution in [2.45, 2.75) is 27.2 Å². The molecule has 2 aliphatic rings. The molecule has 0 amide bonds. The molecule has 0 saturated heterocycles. The zero-order valence-electron chi connectivity index (χ0n) is 13.2. The number of allylic oxidation sites excluding steroid dienone is 2. The Kier molecular flexibility index (Phi) is 2.86. The summed E-state index contributed by atoms with van der Waals surface area (Å²) in [5.41, 5.74) is 18.5. The lowest BCUT2D eigenvalue weighted by Crippen LogP contribution is -2.22. The highest BCUT2D eigenvalue weighted by molar-refractivity contribution is 5.92. The van der Waals surface area contributed by atoms with E-state index in [4.69, 9.17) is 0 Å². The standard InChI is InChI=1S/C20H20N2/c1-12-6-4-5-7-15(12)19-11-21-22-20-14(3)16-9-8-13(2)17(16)10-18(19)20/h4-8,10-11,21-22H,9H2,1-3H3. The van der Waals surface area contributed by atoms with Crippen LogP contribution in [0, 0.1) is 13.8 Å². The third-order valence-electron chi connectivity index (χ3n) is 4.89. The average molecular weight is 288 g/mol. The maximum atomic E-state index is 3.35. The molecular formula is C20H20N2. The molecule has 1 aliphatic carbocycles. The first-order valence-electron chi connectivity index (χ1n) is 7.78. The minimum Gasteiger partial charge on any atom is -0.308 e. The van der Waals surface area contributed by atoms with Gasteiger partial charge >= 0.3 is 0 Å². The van der Waals surface area contributed by atoms with Gasteiger partial charge in [0, 0.05) is 17.3 Å². The van der Waals surface area contributed by atoms with E-state index in [0.29, 0.717) is 0 Å². The summed E-state index contributed by atoms with van der Waals surface area (Å²) in [7, 11) is 0. The SMILES string of the molecule is CC1=CCc2c1cc1c(c2C)NNC=C1c1ccccc1C. The molecule has 0 fully saturated rings. The van der Waals surface area contributed by atoms with Crippen LogP contribution in [-0.4, -0.2) is 0 Å². The molecule has 110 valence electrons. The van der Waals surface area contributed by atoms with Crippen molar-refractivity contribution in [2.24, 2.45) is 0 Å². The van der Waals surface area contributed by atoms with E-state index in [1.807, 2.05) is 0 Å². The van der Waals surface area contributed by atoms with Crippen LogP contribution in [0.5, 0.6) is 0 Å². The van der Waals surface area contributed by atoms with Gasteiger partial charge in [0.05, 0.1) is 5.69 Å². The number of hydrogen-bond donors (Lipinski definition) is 2. The van der Waals surface area contributed by atoms with Gasteiger partial charge in [-0.05, 0) is 66.6 Å². The van der Waals surface area contributed by atoms with Crippen LogP contribution in [0.1, 0.15) is 40.3 Å². The lowest BCUT2D eigenvalue weighted by Gasteiger charge is -2.25. The largest absolute Gasteiger partial charge is 0.308 e. The minimum atomic E-state index is 1.05. The Bertz CT molecular complexity index is 841. The third kappa shape index (κ3) is 1.80. The zero-order valence-corrected chi connectivity index (χ0v) is 13.2. The van der Waals surface area contributed by atoms with Crippen LogP contribution in [0.2, 0.25) is 0 Å². The molecule has 0 bridgehead atoms. The molecule has 0 spiro atoms. The fraction of sp³-hybridized carbons (Fsp3) is 0.200. The second-order valence-corrected chi connectivity index (χ2v) is 6.18. The van der Waals surface area contributed by atoms with Gasteiger partial charge in [-0.25, -0.2) is 0 Å². The summed E-state index contributed by atoms with van der Waals surface area (Å²) in [4.78, 5) is 0. The normalized spacial score (nSPS) is 15.2. The molecule has 2 heteroatoms. The minimum absolute atomic E-state index is 1.05. The highest BCUT2D eigenvalue weighted by Crippen LogP contribution is 2.41. The Labute approximate surface area is 131 Å². The molecule has 4 rings (SSSR count). The van der Waals surface area contributed by atoms with Crippen LogP contribution in [-0.2, 0) is 6.42 Å². The molecule has 0 atom stereocenters. The molecule has 2 nitrogen and oxygen atoms in total. The highest BCUT2D eigenvalue weighted by atomic mass is 15.4. The van der Waals surface area contributed by atoms with Gasteiger partial charge in [0.2, 0.25) is 0 Å². The molecule has 22 heavy (non-hydrogen) atoms. The fourth-order valence-electron chi connectivity index (χ4n) is 3.57. The van der Waals surface area contributed by atoms with Crippen LogP contribution in [0.4, 0.5) is 5.69 Å². The maximum absolute atomic E-state index is 3.35. The van der Waals surface area contributed by atoms with E-state index >= 15 is 0 Å². The van der Waals surface area contributed by atoms with Crippen molar-refractivity contribution < 1.29 is 0 Å². The predicted octanol–water partition coefficient (Wildman–Crippen LogP) is 4.58. The van der Waals surface area contributed by atoms with Crippen molar-refractivity contribution in [3.8, 4) is 0 Å². The van der Waals surface area contributed by atoms with E-state index in [-0.39, 0.29) is 0 Å². The number of hydrazine groups is 1. The quantitative estimate of drug-likeness (QED) is 0.802. The predicted molar refractivity (Wildman–Crippen MR) is 93.6 cm³/mol. The number of rotatable bonds is 1. The second-order valence-electron chi connectivity index (χ2n) is 6.18. The van der Waals surface area contributed by atoms with Crippen LogP contribution in [0.3, 0.4) is 0 Å². The van der Waals surface area contributed by atoms with E-state index in [1.54, 1.807) is 0 Å². The van der Waals surface area contributed by atoms with Gasteiger partial charge in [0.15, 0.2) is 0 Å². The molecule has 0 saturated carbocycles. The van der Waals surface area contributed by atoms with E-state index in [0.717, 1.165) is 6.42 Å². The van der Waals surface area contributed by atoms with Crippen molar-refractivity contribution in [2.75, 3.05) is 5.43 Å². The number of nitrogens with one attached hydrogen (secondary N) is 2. The second kappa shape index (κ2) is 4.77. The molecular weight excluding hydrogens is 268 g/mol. The van der Waals surface area contributed by atoms with Crippen LogP contribution in [0.25, 0.3) is 11.1 Å². The first kappa shape index (κ1) is 13.2. The summed E-state index contributed by atoms with van der Waals surface area (Å²) in [6, 6.07) is 10.9. The van der Waals surface area contributed by atoms with E-state index in [1.165, 1.54) is 50.2 Å². The lowest BCUT2D eigenvalue weighted by molar-refractivity contribution is 1.02. The summed E-state index contributed by atoms with van der Waals surface area (Å²) in [5.74, 6) is 0. The smallest absolute Gasteiger partial charge is 0.0651 e. The molecule has 2 aromatic rings. The Morgan fingerprint density at radius 3 is 2.59 bits per heavy atom. The van der Waals surface area contributed by atoms with Crippen molar-refractivity contribution >= 4 is 16.8 Å². The topological polar surface area (TPSA) is 24.1 Å². The van der Waals surface area contributed by atoms with Crippen molar-refractivity contribution in [3.05, 3.63) is 76.0 Å². The third-order valence-corrected chi connectivity index (χ3v) is 4.89. The molecule has 0 unspecified atom stereocenters. The fourth-order valence-corrected chi connectivity index (χ4v) is 3.57. The summed E-state index contributed by atoms with van der Waals surface area (Å²) in [6.07, 6.45) is 5.45. The number of hydrogen-bond acceptors (Lipinski definition) is 2. The summed E-state index contributed by atoms with van der Waals surface area (Å²) < 4.78 is 0. The summed E-state index contributed by atoms with van der Waals surface area (Å²) in [6.45, 7) is 6.60. The van der Waals surface area contributed by atoms with Gasteiger partial charge in [-0.1, -0.05) is 30.3 Å². The Hall–Kier alpha value is -2.48. The Morgan fingerprint density at radius 2 is 1.77 bits per heavy atom. The number of fused-ring (bicyclic) bond motifs is 2. The van der Waals surface area contributed by atoms with Crippen molar-refractivity contribution in [1.82, 2.24) is 5.43 Å². The van der Waals surface area contributed by atoms with Gasteiger partial charge in [-0.2, -0.15) is 0 Å². The van der Waals surface area contributed by atoms with Crippen LogP contribution >= 0.6 is 0 Å². The number of anilines is 1. The molecule has 2 N–H and O–H groups in total. The van der Waals surface area contributed by atoms with E-state index < -0.39 is 0 Å². The summed E-state index contributed by atoms with van der Waals surface area (Å²) in [5, 5.41) is 0. The van der Waals surface area contributed by atoms with Crippen LogP contribution < -0.4 is 10.9 Å². The van der Waals surface area contributed by atoms with Gasteiger partial charge < -0.3 is 10.9 Å². The molecule has 2 aromatic carbocycles.